The topological polar surface area (TPSA) is 41.4 Å². The van der Waals surface area contributed by atoms with Gasteiger partial charge in [0.25, 0.3) is 0 Å². The molecule has 0 N–H and O–H groups in total. The Labute approximate surface area is 138 Å². The molecule has 1 fully saturated rings. The molecule has 1 aromatic rings. The molecule has 1 saturated heterocycles. The summed E-state index contributed by atoms with van der Waals surface area (Å²) in [4.78, 5) is 20.8. The van der Waals surface area contributed by atoms with Crippen molar-refractivity contribution in [2.24, 2.45) is 0 Å². The highest BCUT2D eigenvalue weighted by molar-refractivity contribution is 6.17. The normalized spacial score (nSPS) is 16.5. The molecule has 2 rings (SSSR count). The number of hydrogen-bond acceptors (Lipinski definition) is 3. The monoisotopic (exact) mass is 326 g/mol. The van der Waals surface area contributed by atoms with E-state index in [1.807, 2.05) is 11.1 Å². The summed E-state index contributed by atoms with van der Waals surface area (Å²) >= 11 is 5.65. The van der Waals surface area contributed by atoms with Crippen molar-refractivity contribution in [3.63, 3.8) is 0 Å². The molecular formula is C16H27ClN4O. The number of amides is 1. The van der Waals surface area contributed by atoms with Gasteiger partial charge in [-0.05, 0) is 6.42 Å². The average molecular weight is 327 g/mol. The predicted octanol–water partition coefficient (Wildman–Crippen LogP) is 2.17. The third-order valence-corrected chi connectivity index (χ3v) is 4.44. The van der Waals surface area contributed by atoms with Crippen LogP contribution in [-0.4, -0.2) is 63.9 Å². The molecule has 0 aliphatic carbocycles. The Bertz CT molecular complexity index is 466. The molecule has 0 unspecified atom stereocenters. The molecule has 0 atom stereocenters. The number of halogens is 1. The molecule has 5 nitrogen and oxygen atoms in total. The minimum absolute atomic E-state index is 0.247. The first-order chi connectivity index (χ1) is 10.6. The van der Waals surface area contributed by atoms with E-state index in [1.165, 1.54) is 0 Å². The molecule has 22 heavy (non-hydrogen) atoms. The van der Waals surface area contributed by atoms with E-state index < -0.39 is 0 Å². The molecule has 0 saturated carbocycles. The van der Waals surface area contributed by atoms with Crippen molar-refractivity contribution in [2.75, 3.05) is 38.6 Å². The minimum atomic E-state index is 0.247. The summed E-state index contributed by atoms with van der Waals surface area (Å²) in [6.07, 6.45) is 5.29. The van der Waals surface area contributed by atoms with Crippen LogP contribution in [0.3, 0.4) is 0 Å². The Morgan fingerprint density at radius 3 is 2.64 bits per heavy atom. The lowest BCUT2D eigenvalue weighted by atomic mass is 10.2. The first-order valence-electron chi connectivity index (χ1n) is 8.19. The van der Waals surface area contributed by atoms with Crippen molar-refractivity contribution < 1.29 is 4.79 Å². The number of nitrogens with zero attached hydrogens (tertiary/aromatic N) is 4. The fraction of sp³-hybridized carbons (Fsp3) is 0.750. The van der Waals surface area contributed by atoms with E-state index in [0.717, 1.165) is 51.5 Å². The standard InChI is InChI=1S/C16H27ClN4O/c1-14(2)16-18-6-7-21(16)13-10-19-8-11-20(12-9-19)15(22)4-3-5-17/h6-7,14H,3-5,8-13H2,1-2H3. The highest BCUT2D eigenvalue weighted by Gasteiger charge is 2.20. The van der Waals surface area contributed by atoms with Gasteiger partial charge in [-0.2, -0.15) is 0 Å². The van der Waals surface area contributed by atoms with Crippen LogP contribution in [0, 0.1) is 0 Å². The van der Waals surface area contributed by atoms with Gasteiger partial charge in [-0.3, -0.25) is 9.69 Å². The molecule has 1 aliphatic rings. The van der Waals surface area contributed by atoms with E-state index in [0.29, 0.717) is 18.2 Å². The zero-order valence-electron chi connectivity index (χ0n) is 13.7. The molecular weight excluding hydrogens is 300 g/mol. The van der Waals surface area contributed by atoms with E-state index in [2.05, 4.69) is 34.5 Å². The van der Waals surface area contributed by atoms with E-state index >= 15 is 0 Å². The van der Waals surface area contributed by atoms with Crippen LogP contribution < -0.4 is 0 Å². The van der Waals surface area contributed by atoms with Crippen LogP contribution in [0.1, 0.15) is 38.4 Å². The maximum absolute atomic E-state index is 12.0. The Kier molecular flexibility index (Phi) is 6.70. The summed E-state index contributed by atoms with van der Waals surface area (Å²) in [6, 6.07) is 0. The SMILES string of the molecule is CC(C)c1nccn1CCN1CCN(C(=O)CCCCl)CC1. The lowest BCUT2D eigenvalue weighted by molar-refractivity contribution is -0.132. The second kappa shape index (κ2) is 8.53. The number of carbonyl (C=O) groups is 1. The summed E-state index contributed by atoms with van der Waals surface area (Å²) < 4.78 is 2.24. The first kappa shape index (κ1) is 17.3. The molecule has 1 aliphatic heterocycles. The van der Waals surface area contributed by atoms with Crippen LogP contribution >= 0.6 is 11.6 Å². The predicted molar refractivity (Wildman–Crippen MR) is 89.3 cm³/mol. The van der Waals surface area contributed by atoms with Crippen molar-refractivity contribution in [1.29, 1.82) is 0 Å². The second-order valence-corrected chi connectivity index (χ2v) is 6.53. The Morgan fingerprint density at radius 1 is 1.27 bits per heavy atom. The van der Waals surface area contributed by atoms with E-state index in [4.69, 9.17) is 11.6 Å². The molecule has 6 heteroatoms. The molecule has 0 spiro atoms. The first-order valence-corrected chi connectivity index (χ1v) is 8.72. The van der Waals surface area contributed by atoms with Gasteiger partial charge in [0.05, 0.1) is 0 Å². The van der Waals surface area contributed by atoms with Gasteiger partial charge in [0.2, 0.25) is 5.91 Å². The highest BCUT2D eigenvalue weighted by atomic mass is 35.5. The van der Waals surface area contributed by atoms with Crippen molar-refractivity contribution in [2.45, 2.75) is 39.2 Å². The van der Waals surface area contributed by atoms with Gasteiger partial charge in [0, 0.05) is 69.9 Å². The van der Waals surface area contributed by atoms with Crippen LogP contribution in [0.4, 0.5) is 0 Å². The van der Waals surface area contributed by atoms with Gasteiger partial charge >= 0.3 is 0 Å². The minimum Gasteiger partial charge on any atom is -0.340 e. The maximum atomic E-state index is 12.0. The van der Waals surface area contributed by atoms with Gasteiger partial charge in [0.15, 0.2) is 0 Å². The summed E-state index contributed by atoms with van der Waals surface area (Å²) in [6.45, 7) is 9.91. The lowest BCUT2D eigenvalue weighted by Gasteiger charge is -2.35. The van der Waals surface area contributed by atoms with E-state index in [1.54, 1.807) is 0 Å². The number of hydrogen-bond donors (Lipinski definition) is 0. The van der Waals surface area contributed by atoms with Gasteiger partial charge < -0.3 is 9.47 Å². The smallest absolute Gasteiger partial charge is 0.222 e. The fourth-order valence-corrected chi connectivity index (χ4v) is 2.99. The molecule has 2 heterocycles. The van der Waals surface area contributed by atoms with Crippen LogP contribution in [0.15, 0.2) is 12.4 Å². The molecule has 1 aromatic heterocycles. The van der Waals surface area contributed by atoms with Crippen LogP contribution in [0.25, 0.3) is 0 Å². The van der Waals surface area contributed by atoms with Crippen LogP contribution in [0.2, 0.25) is 0 Å². The van der Waals surface area contributed by atoms with Crippen LogP contribution in [0.5, 0.6) is 0 Å². The van der Waals surface area contributed by atoms with Crippen molar-refractivity contribution in [3.8, 4) is 0 Å². The Balaban J connectivity index is 1.73. The van der Waals surface area contributed by atoms with Crippen molar-refractivity contribution in [3.05, 3.63) is 18.2 Å². The molecule has 1 amide bonds. The average Bonchev–Trinajstić information content (AvgIpc) is 3.00. The number of piperazine rings is 1. The Hall–Kier alpha value is -1.07. The zero-order valence-corrected chi connectivity index (χ0v) is 14.4. The summed E-state index contributed by atoms with van der Waals surface area (Å²) in [5.74, 6) is 2.41. The highest BCUT2D eigenvalue weighted by Crippen LogP contribution is 2.12. The quantitative estimate of drug-likeness (QED) is 0.721. The van der Waals surface area contributed by atoms with Gasteiger partial charge in [0.1, 0.15) is 5.82 Å². The van der Waals surface area contributed by atoms with Crippen molar-refractivity contribution >= 4 is 17.5 Å². The fourth-order valence-electron chi connectivity index (χ4n) is 2.86. The van der Waals surface area contributed by atoms with Gasteiger partial charge in [-0.1, -0.05) is 13.8 Å². The van der Waals surface area contributed by atoms with Gasteiger partial charge in [-0.15, -0.1) is 11.6 Å². The summed E-state index contributed by atoms with van der Waals surface area (Å²) in [5.41, 5.74) is 0. The third-order valence-electron chi connectivity index (χ3n) is 4.17. The number of imidazole rings is 1. The second-order valence-electron chi connectivity index (χ2n) is 6.15. The zero-order chi connectivity index (χ0) is 15.9. The van der Waals surface area contributed by atoms with E-state index in [9.17, 15) is 4.79 Å². The lowest BCUT2D eigenvalue weighted by Crippen LogP contribution is -2.49. The maximum Gasteiger partial charge on any atom is 0.222 e. The van der Waals surface area contributed by atoms with E-state index in [-0.39, 0.29) is 5.91 Å². The number of aromatic nitrogens is 2. The Morgan fingerprint density at radius 2 is 2.00 bits per heavy atom. The van der Waals surface area contributed by atoms with Crippen molar-refractivity contribution in [1.82, 2.24) is 19.4 Å². The molecule has 0 bridgehead atoms. The molecule has 0 aromatic carbocycles. The summed E-state index contributed by atoms with van der Waals surface area (Å²) in [5, 5.41) is 0. The third kappa shape index (κ3) is 4.71. The number of alkyl halides is 1. The number of carbonyl (C=O) groups excluding carboxylic acids is 1. The van der Waals surface area contributed by atoms with Crippen LogP contribution in [-0.2, 0) is 11.3 Å². The molecule has 124 valence electrons. The summed E-state index contributed by atoms with van der Waals surface area (Å²) in [7, 11) is 0. The molecule has 0 radical (unpaired) electrons. The number of rotatable bonds is 7. The van der Waals surface area contributed by atoms with Gasteiger partial charge in [-0.25, -0.2) is 4.98 Å². The largest absolute Gasteiger partial charge is 0.340 e.